The van der Waals surface area contributed by atoms with Gasteiger partial charge in [0.25, 0.3) is 0 Å². The highest BCUT2D eigenvalue weighted by Crippen LogP contribution is 2.16. The summed E-state index contributed by atoms with van der Waals surface area (Å²) in [6, 6.07) is 14.1. The number of rotatable bonds is 1. The predicted molar refractivity (Wildman–Crippen MR) is 62.7 cm³/mol. The van der Waals surface area contributed by atoms with Crippen LogP contribution in [0.4, 0.5) is 0 Å². The molecule has 0 spiro atoms. The number of hydrogen-bond acceptors (Lipinski definition) is 1. The monoisotopic (exact) mass is 210 g/mol. The minimum absolute atomic E-state index is 0.907. The molecule has 0 bridgehead atoms. The molecule has 0 radical (unpaired) electrons. The molecule has 0 fully saturated rings. The molecule has 16 heavy (non-hydrogen) atoms. The van der Waals surface area contributed by atoms with Gasteiger partial charge in [0.05, 0.1) is 11.0 Å². The molecule has 0 atom stereocenters. The summed E-state index contributed by atoms with van der Waals surface area (Å²) in [6.07, 6.45) is 2.02. The van der Waals surface area contributed by atoms with Crippen LogP contribution in [0.15, 0.2) is 48.7 Å². The molecular formula is C13H12N3+. The summed E-state index contributed by atoms with van der Waals surface area (Å²) in [7, 11) is 2.02. The van der Waals surface area contributed by atoms with Crippen LogP contribution in [0.25, 0.3) is 22.6 Å². The van der Waals surface area contributed by atoms with Gasteiger partial charge >= 0.3 is 0 Å². The predicted octanol–water partition coefficient (Wildman–Crippen LogP) is 2.05. The Hall–Kier alpha value is -2.16. The molecule has 0 saturated carbocycles. The Kier molecular flexibility index (Phi) is 1.96. The first-order valence-electron chi connectivity index (χ1n) is 5.24. The van der Waals surface area contributed by atoms with Gasteiger partial charge in [0.1, 0.15) is 7.05 Å². The summed E-state index contributed by atoms with van der Waals surface area (Å²) in [4.78, 5) is 7.89. The smallest absolute Gasteiger partial charge is 0.248 e. The van der Waals surface area contributed by atoms with E-state index in [-0.39, 0.29) is 0 Å². The third-order valence-corrected chi connectivity index (χ3v) is 2.69. The zero-order valence-electron chi connectivity index (χ0n) is 9.01. The van der Waals surface area contributed by atoms with Crippen LogP contribution in [0, 0.1) is 0 Å². The quantitative estimate of drug-likeness (QED) is 0.613. The van der Waals surface area contributed by atoms with E-state index in [4.69, 9.17) is 0 Å². The molecule has 3 aromatic rings. The number of nitrogens with one attached hydrogen (secondary N) is 1. The number of hydrogen-bond donors (Lipinski definition) is 1. The van der Waals surface area contributed by atoms with Gasteiger partial charge in [0.2, 0.25) is 11.5 Å². The lowest BCUT2D eigenvalue weighted by molar-refractivity contribution is -0.660. The van der Waals surface area contributed by atoms with Crippen molar-refractivity contribution in [2.24, 2.45) is 7.05 Å². The highest BCUT2D eigenvalue weighted by atomic mass is 15.0. The summed E-state index contributed by atoms with van der Waals surface area (Å²) in [5.74, 6) is 0.907. The lowest BCUT2D eigenvalue weighted by Crippen LogP contribution is -2.30. The minimum Gasteiger partial charge on any atom is -0.333 e. The van der Waals surface area contributed by atoms with Crippen LogP contribution in [-0.4, -0.2) is 9.97 Å². The summed E-state index contributed by atoms with van der Waals surface area (Å²) < 4.78 is 2.05. The Morgan fingerprint density at radius 3 is 2.69 bits per heavy atom. The van der Waals surface area contributed by atoms with E-state index in [0.29, 0.717) is 0 Å². The summed E-state index contributed by atoms with van der Waals surface area (Å²) >= 11 is 0. The molecule has 0 amide bonds. The van der Waals surface area contributed by atoms with Crippen LogP contribution in [0.3, 0.4) is 0 Å². The number of H-pyrrole nitrogens is 1. The zero-order valence-corrected chi connectivity index (χ0v) is 9.01. The van der Waals surface area contributed by atoms with Gasteiger partial charge in [-0.1, -0.05) is 12.1 Å². The molecule has 2 heterocycles. The van der Waals surface area contributed by atoms with E-state index in [2.05, 4.69) is 20.6 Å². The Bertz CT molecular complexity index is 607. The Morgan fingerprint density at radius 2 is 1.88 bits per heavy atom. The maximum atomic E-state index is 4.57. The van der Waals surface area contributed by atoms with Gasteiger partial charge < -0.3 is 4.98 Å². The van der Waals surface area contributed by atoms with Crippen LogP contribution in [0.1, 0.15) is 0 Å². The fourth-order valence-electron chi connectivity index (χ4n) is 1.84. The van der Waals surface area contributed by atoms with Crippen molar-refractivity contribution < 1.29 is 4.57 Å². The maximum Gasteiger partial charge on any atom is 0.248 e. The molecule has 1 aromatic carbocycles. The zero-order chi connectivity index (χ0) is 11.0. The van der Waals surface area contributed by atoms with Gasteiger partial charge in [-0.05, 0) is 18.2 Å². The van der Waals surface area contributed by atoms with Gasteiger partial charge in [0, 0.05) is 12.1 Å². The van der Waals surface area contributed by atoms with Gasteiger partial charge in [0.15, 0.2) is 6.20 Å². The number of benzene rings is 1. The molecule has 0 aliphatic rings. The number of para-hydroxylation sites is 2. The number of imidazole rings is 1. The third-order valence-electron chi connectivity index (χ3n) is 2.69. The maximum absolute atomic E-state index is 4.57. The molecule has 0 unspecified atom stereocenters. The number of pyridine rings is 1. The number of aromatic amines is 1. The van der Waals surface area contributed by atoms with Crippen LogP contribution < -0.4 is 4.57 Å². The second kappa shape index (κ2) is 3.45. The molecule has 3 heteroatoms. The Balaban J connectivity index is 2.23. The first kappa shape index (κ1) is 9.09. The topological polar surface area (TPSA) is 32.6 Å². The van der Waals surface area contributed by atoms with E-state index < -0.39 is 0 Å². The molecule has 1 N–H and O–H groups in total. The number of nitrogens with zero attached hydrogens (tertiary/aromatic N) is 2. The molecule has 3 nitrogen and oxygen atoms in total. The van der Waals surface area contributed by atoms with Crippen molar-refractivity contribution in [3.63, 3.8) is 0 Å². The average Bonchev–Trinajstić information content (AvgIpc) is 2.73. The second-order valence-electron chi connectivity index (χ2n) is 3.80. The van der Waals surface area contributed by atoms with Crippen molar-refractivity contribution in [3.8, 4) is 11.5 Å². The van der Waals surface area contributed by atoms with Crippen LogP contribution in [0.5, 0.6) is 0 Å². The standard InChI is InChI=1S/C13H11N3/c1-16-9-5-4-8-12(16)13-14-10-6-2-3-7-11(10)15-13/h2-9H,1H3/p+1. The van der Waals surface area contributed by atoms with Crippen molar-refractivity contribution in [3.05, 3.63) is 48.7 Å². The molecule has 2 aromatic heterocycles. The molecule has 0 aliphatic heterocycles. The molecule has 0 saturated heterocycles. The minimum atomic E-state index is 0.907. The fraction of sp³-hybridized carbons (Fsp3) is 0.0769. The SMILES string of the molecule is C[n+]1ccccc1-c1nc2ccccc2[nH]1. The number of aryl methyl sites for hydroxylation is 1. The van der Waals surface area contributed by atoms with Crippen molar-refractivity contribution >= 4 is 11.0 Å². The second-order valence-corrected chi connectivity index (χ2v) is 3.80. The summed E-state index contributed by atoms with van der Waals surface area (Å²) in [6.45, 7) is 0. The Morgan fingerprint density at radius 1 is 1.06 bits per heavy atom. The summed E-state index contributed by atoms with van der Waals surface area (Å²) in [5, 5.41) is 0. The lowest BCUT2D eigenvalue weighted by Gasteiger charge is -1.93. The van der Waals surface area contributed by atoms with Crippen LogP contribution >= 0.6 is 0 Å². The van der Waals surface area contributed by atoms with E-state index in [1.165, 1.54) is 0 Å². The van der Waals surface area contributed by atoms with E-state index >= 15 is 0 Å². The van der Waals surface area contributed by atoms with E-state index in [1.54, 1.807) is 0 Å². The first-order chi connectivity index (χ1) is 7.84. The van der Waals surface area contributed by atoms with E-state index in [1.807, 2.05) is 49.6 Å². The van der Waals surface area contributed by atoms with Crippen molar-refractivity contribution in [1.29, 1.82) is 0 Å². The molecular weight excluding hydrogens is 198 g/mol. The summed E-state index contributed by atoms with van der Waals surface area (Å²) in [5.41, 5.74) is 3.15. The highest BCUT2D eigenvalue weighted by Gasteiger charge is 2.12. The average molecular weight is 210 g/mol. The van der Waals surface area contributed by atoms with Crippen LogP contribution in [-0.2, 0) is 7.05 Å². The third kappa shape index (κ3) is 1.37. The molecule has 0 aliphatic carbocycles. The molecule has 3 rings (SSSR count). The number of aromatic nitrogens is 3. The largest absolute Gasteiger partial charge is 0.333 e. The highest BCUT2D eigenvalue weighted by molar-refractivity contribution is 5.78. The first-order valence-corrected chi connectivity index (χ1v) is 5.24. The van der Waals surface area contributed by atoms with Crippen molar-refractivity contribution in [2.75, 3.05) is 0 Å². The van der Waals surface area contributed by atoms with Gasteiger partial charge in [-0.3, -0.25) is 0 Å². The van der Waals surface area contributed by atoms with Gasteiger partial charge in [-0.15, -0.1) is 0 Å². The van der Waals surface area contributed by atoms with E-state index in [9.17, 15) is 0 Å². The number of fused-ring (bicyclic) bond motifs is 1. The normalized spacial score (nSPS) is 10.8. The van der Waals surface area contributed by atoms with Crippen molar-refractivity contribution in [1.82, 2.24) is 9.97 Å². The van der Waals surface area contributed by atoms with E-state index in [0.717, 1.165) is 22.6 Å². The van der Waals surface area contributed by atoms with Gasteiger partial charge in [-0.2, -0.15) is 4.57 Å². The van der Waals surface area contributed by atoms with Crippen molar-refractivity contribution in [2.45, 2.75) is 0 Å². The van der Waals surface area contributed by atoms with Crippen LogP contribution in [0.2, 0.25) is 0 Å². The lowest BCUT2D eigenvalue weighted by atomic mass is 10.3. The van der Waals surface area contributed by atoms with Gasteiger partial charge in [-0.25, -0.2) is 4.98 Å². The fourth-order valence-corrected chi connectivity index (χ4v) is 1.84. The molecule has 78 valence electrons. The Labute approximate surface area is 93.4 Å².